The zero-order valence-corrected chi connectivity index (χ0v) is 8.68. The quantitative estimate of drug-likeness (QED) is 0.602. The average molecular weight is 179 g/mol. The molecule has 0 radical (unpaired) electrons. The van der Waals surface area contributed by atoms with Gasteiger partial charge in [0.2, 0.25) is 0 Å². The number of rotatable bonds is 0. The molecule has 74 valence electrons. The third kappa shape index (κ3) is 1.03. The van der Waals surface area contributed by atoms with Crippen LogP contribution in [0.2, 0.25) is 0 Å². The van der Waals surface area contributed by atoms with Crippen LogP contribution in [0.1, 0.15) is 39.0 Å². The molecule has 1 saturated heterocycles. The summed E-state index contributed by atoms with van der Waals surface area (Å²) in [5.74, 6) is 3.16. The summed E-state index contributed by atoms with van der Waals surface area (Å²) >= 11 is 0. The van der Waals surface area contributed by atoms with Gasteiger partial charge in [0, 0.05) is 0 Å². The lowest BCUT2D eigenvalue weighted by Crippen LogP contribution is -2.46. The van der Waals surface area contributed by atoms with Gasteiger partial charge >= 0.3 is 0 Å². The molecule has 1 heteroatoms. The van der Waals surface area contributed by atoms with Crippen molar-refractivity contribution in [1.82, 2.24) is 5.32 Å². The molecule has 0 amide bonds. The summed E-state index contributed by atoms with van der Waals surface area (Å²) in [6.07, 6.45) is 7.71. The molecule has 2 saturated carbocycles. The Morgan fingerprint density at radius 2 is 2.23 bits per heavy atom. The largest absolute Gasteiger partial charge is 0.316 e. The van der Waals surface area contributed by atoms with Gasteiger partial charge in [0.15, 0.2) is 0 Å². The fraction of sp³-hybridized carbons (Fsp3) is 1.00. The molecular weight excluding hydrogens is 158 g/mol. The maximum atomic E-state index is 3.55. The highest BCUT2D eigenvalue weighted by molar-refractivity contribution is 5.04. The Hall–Kier alpha value is -0.0400. The molecule has 4 atom stereocenters. The monoisotopic (exact) mass is 179 g/mol. The van der Waals surface area contributed by atoms with E-state index in [0.717, 1.165) is 23.2 Å². The van der Waals surface area contributed by atoms with Gasteiger partial charge in [-0.2, -0.15) is 0 Å². The van der Waals surface area contributed by atoms with Crippen LogP contribution in [0.5, 0.6) is 0 Å². The molecular formula is C12H21N. The van der Waals surface area contributed by atoms with Crippen LogP contribution in [0.4, 0.5) is 0 Å². The Kier molecular flexibility index (Phi) is 1.74. The third-order valence-corrected chi connectivity index (χ3v) is 5.22. The van der Waals surface area contributed by atoms with Crippen LogP contribution >= 0.6 is 0 Å². The van der Waals surface area contributed by atoms with Crippen molar-refractivity contribution in [2.45, 2.75) is 39.0 Å². The fourth-order valence-corrected chi connectivity index (χ4v) is 4.49. The van der Waals surface area contributed by atoms with Crippen LogP contribution in [0.25, 0.3) is 0 Å². The smallest absolute Gasteiger partial charge is 0.00177 e. The lowest BCUT2D eigenvalue weighted by molar-refractivity contribution is 0.0503. The molecule has 1 heterocycles. The van der Waals surface area contributed by atoms with E-state index in [4.69, 9.17) is 0 Å². The van der Waals surface area contributed by atoms with E-state index in [2.05, 4.69) is 12.2 Å². The lowest BCUT2D eigenvalue weighted by atomic mass is 9.62. The summed E-state index contributed by atoms with van der Waals surface area (Å²) < 4.78 is 0. The van der Waals surface area contributed by atoms with Gasteiger partial charge in [-0.05, 0) is 61.9 Å². The van der Waals surface area contributed by atoms with E-state index in [0.29, 0.717) is 0 Å². The Labute approximate surface area is 81.3 Å². The minimum atomic E-state index is 0.786. The standard InChI is InChI=1S/C12H21N/c1-9-8-13-5-4-12(9)7-10-2-3-11(12)6-10/h9-11,13H,2-8H2,1H3. The second-order valence-electron chi connectivity index (χ2n) is 5.67. The molecule has 1 spiro atoms. The molecule has 3 aliphatic rings. The normalized spacial score (nSPS) is 54.7. The molecule has 1 nitrogen and oxygen atoms in total. The summed E-state index contributed by atoms with van der Waals surface area (Å²) in [7, 11) is 0. The van der Waals surface area contributed by atoms with Crippen LogP contribution in [0.3, 0.4) is 0 Å². The van der Waals surface area contributed by atoms with Crippen molar-refractivity contribution in [1.29, 1.82) is 0 Å². The molecule has 2 aliphatic carbocycles. The molecule has 3 rings (SSSR count). The zero-order chi connectivity index (χ0) is 8.89. The van der Waals surface area contributed by atoms with Crippen molar-refractivity contribution in [3.63, 3.8) is 0 Å². The first-order valence-corrected chi connectivity index (χ1v) is 6.02. The van der Waals surface area contributed by atoms with E-state index in [1.165, 1.54) is 19.5 Å². The van der Waals surface area contributed by atoms with Crippen molar-refractivity contribution in [3.8, 4) is 0 Å². The van der Waals surface area contributed by atoms with Crippen molar-refractivity contribution in [2.75, 3.05) is 13.1 Å². The molecule has 0 aromatic carbocycles. The van der Waals surface area contributed by atoms with Gasteiger partial charge < -0.3 is 5.32 Å². The van der Waals surface area contributed by atoms with Gasteiger partial charge in [0.05, 0.1) is 0 Å². The molecule has 13 heavy (non-hydrogen) atoms. The van der Waals surface area contributed by atoms with Gasteiger partial charge in [-0.3, -0.25) is 0 Å². The predicted octanol–water partition coefficient (Wildman–Crippen LogP) is 2.42. The summed E-state index contributed by atoms with van der Waals surface area (Å²) in [5.41, 5.74) is 0.786. The summed E-state index contributed by atoms with van der Waals surface area (Å²) in [6, 6.07) is 0. The van der Waals surface area contributed by atoms with Crippen LogP contribution in [-0.2, 0) is 0 Å². The van der Waals surface area contributed by atoms with Gasteiger partial charge in [-0.25, -0.2) is 0 Å². The van der Waals surface area contributed by atoms with Gasteiger partial charge in [0.25, 0.3) is 0 Å². The van der Waals surface area contributed by atoms with E-state index in [1.807, 2.05) is 0 Å². The van der Waals surface area contributed by atoms with Crippen molar-refractivity contribution in [3.05, 3.63) is 0 Å². The SMILES string of the molecule is CC1CNCCC12CC1CCC2C1. The van der Waals surface area contributed by atoms with Crippen LogP contribution in [0.15, 0.2) is 0 Å². The Morgan fingerprint density at radius 1 is 1.31 bits per heavy atom. The molecule has 0 aromatic rings. The van der Waals surface area contributed by atoms with E-state index < -0.39 is 0 Å². The maximum absolute atomic E-state index is 3.55. The maximum Gasteiger partial charge on any atom is -0.00177 e. The number of nitrogens with one attached hydrogen (secondary N) is 1. The molecule has 4 unspecified atom stereocenters. The van der Waals surface area contributed by atoms with Gasteiger partial charge in [0.1, 0.15) is 0 Å². The number of fused-ring (bicyclic) bond motifs is 3. The topological polar surface area (TPSA) is 12.0 Å². The first-order chi connectivity index (χ1) is 6.31. The van der Waals surface area contributed by atoms with Crippen LogP contribution in [-0.4, -0.2) is 13.1 Å². The first kappa shape index (κ1) is 8.28. The second-order valence-corrected chi connectivity index (χ2v) is 5.67. The van der Waals surface area contributed by atoms with E-state index in [1.54, 1.807) is 25.7 Å². The number of piperidine rings is 1. The fourth-order valence-electron chi connectivity index (χ4n) is 4.49. The molecule has 2 bridgehead atoms. The summed E-state index contributed by atoms with van der Waals surface area (Å²) in [6.45, 7) is 5.05. The van der Waals surface area contributed by atoms with Crippen molar-refractivity contribution < 1.29 is 0 Å². The van der Waals surface area contributed by atoms with Gasteiger partial charge in [-0.15, -0.1) is 0 Å². The minimum absolute atomic E-state index is 0.786. The number of hydrogen-bond acceptors (Lipinski definition) is 1. The lowest BCUT2D eigenvalue weighted by Gasteiger charge is -2.46. The summed E-state index contributed by atoms with van der Waals surface area (Å²) in [5, 5.41) is 3.55. The van der Waals surface area contributed by atoms with E-state index >= 15 is 0 Å². The van der Waals surface area contributed by atoms with Crippen LogP contribution < -0.4 is 5.32 Å². The first-order valence-electron chi connectivity index (χ1n) is 6.02. The summed E-state index contributed by atoms with van der Waals surface area (Å²) in [4.78, 5) is 0. The second kappa shape index (κ2) is 2.73. The molecule has 3 fully saturated rings. The zero-order valence-electron chi connectivity index (χ0n) is 8.68. The molecule has 1 N–H and O–H groups in total. The number of hydrogen-bond donors (Lipinski definition) is 1. The minimum Gasteiger partial charge on any atom is -0.316 e. The van der Waals surface area contributed by atoms with E-state index in [-0.39, 0.29) is 0 Å². The average Bonchev–Trinajstić information content (AvgIpc) is 2.70. The Morgan fingerprint density at radius 3 is 2.85 bits per heavy atom. The van der Waals surface area contributed by atoms with Crippen molar-refractivity contribution in [2.24, 2.45) is 23.2 Å². The Balaban J connectivity index is 1.87. The molecule has 0 aromatic heterocycles. The van der Waals surface area contributed by atoms with E-state index in [9.17, 15) is 0 Å². The molecule has 1 aliphatic heterocycles. The third-order valence-electron chi connectivity index (χ3n) is 5.22. The van der Waals surface area contributed by atoms with Crippen molar-refractivity contribution >= 4 is 0 Å². The highest BCUT2D eigenvalue weighted by Gasteiger charge is 2.53. The van der Waals surface area contributed by atoms with Gasteiger partial charge in [-0.1, -0.05) is 13.3 Å². The predicted molar refractivity (Wildman–Crippen MR) is 54.5 cm³/mol. The highest BCUT2D eigenvalue weighted by atomic mass is 14.9. The highest BCUT2D eigenvalue weighted by Crippen LogP contribution is 2.61. The van der Waals surface area contributed by atoms with Crippen LogP contribution in [0, 0.1) is 23.2 Å². The Bertz CT molecular complexity index is 213.